The van der Waals surface area contributed by atoms with Gasteiger partial charge in [0.1, 0.15) is 0 Å². The van der Waals surface area contributed by atoms with E-state index in [2.05, 4.69) is 21.3 Å². The molecule has 0 unspecified atom stereocenters. The van der Waals surface area contributed by atoms with Crippen molar-refractivity contribution in [2.45, 2.75) is 64.0 Å². The highest BCUT2D eigenvalue weighted by molar-refractivity contribution is 5.95. The molecule has 2 fully saturated rings. The first kappa shape index (κ1) is 19.5. The Labute approximate surface area is 149 Å². The van der Waals surface area contributed by atoms with Crippen LogP contribution in [-0.4, -0.2) is 61.1 Å². The number of likely N-dealkylation sites (tertiary alicyclic amines) is 1. The third-order valence-electron chi connectivity index (χ3n) is 4.82. The summed E-state index contributed by atoms with van der Waals surface area (Å²) in [5.74, 6) is -0.299. The Morgan fingerprint density at radius 1 is 0.880 bits per heavy atom. The molecule has 25 heavy (non-hydrogen) atoms. The number of hydrogen-bond donors (Lipinski definition) is 4. The largest absolute Gasteiger partial charge is 0.338 e. The Bertz CT molecular complexity index is 457. The molecule has 8 heteroatoms. The summed E-state index contributed by atoms with van der Waals surface area (Å²) in [5.41, 5.74) is 0. The molecule has 0 radical (unpaired) electrons. The van der Waals surface area contributed by atoms with Gasteiger partial charge in [0.25, 0.3) is 0 Å². The number of imide groups is 1. The molecule has 1 aliphatic carbocycles. The topological polar surface area (TPSA) is 103 Å². The minimum absolute atomic E-state index is 0.0701. The summed E-state index contributed by atoms with van der Waals surface area (Å²) in [6, 6.07) is -0.0686. The Hall–Kier alpha value is -1.83. The van der Waals surface area contributed by atoms with E-state index in [1.165, 1.54) is 19.3 Å². The highest BCUT2D eigenvalue weighted by Crippen LogP contribution is 2.17. The van der Waals surface area contributed by atoms with Gasteiger partial charge in [-0.25, -0.2) is 9.59 Å². The third-order valence-corrected chi connectivity index (χ3v) is 4.82. The van der Waals surface area contributed by atoms with Crippen molar-refractivity contribution in [3.63, 3.8) is 0 Å². The lowest BCUT2D eigenvalue weighted by Crippen LogP contribution is -2.52. The zero-order chi connectivity index (χ0) is 18.1. The molecule has 1 saturated carbocycles. The fraction of sp³-hybridized carbons (Fsp3) is 0.824. The van der Waals surface area contributed by atoms with Crippen molar-refractivity contribution >= 4 is 18.0 Å². The highest BCUT2D eigenvalue weighted by atomic mass is 16.2. The number of nitrogens with zero attached hydrogens (tertiary/aromatic N) is 1. The van der Waals surface area contributed by atoms with E-state index >= 15 is 0 Å². The van der Waals surface area contributed by atoms with Gasteiger partial charge >= 0.3 is 12.1 Å². The van der Waals surface area contributed by atoms with E-state index < -0.39 is 6.03 Å². The van der Waals surface area contributed by atoms with Gasteiger partial charge in [-0.05, 0) is 32.6 Å². The summed E-state index contributed by atoms with van der Waals surface area (Å²) < 4.78 is 0. The van der Waals surface area contributed by atoms with E-state index in [1.54, 1.807) is 6.92 Å². The molecule has 0 bridgehead atoms. The summed E-state index contributed by atoms with van der Waals surface area (Å²) in [6.45, 7) is 3.96. The Kier molecular flexibility index (Phi) is 7.97. The number of carbonyl (C=O) groups excluding carboxylic acids is 3. The second-order valence-electron chi connectivity index (χ2n) is 6.91. The monoisotopic (exact) mass is 353 g/mol. The average molecular weight is 353 g/mol. The van der Waals surface area contributed by atoms with Crippen LogP contribution < -0.4 is 21.3 Å². The van der Waals surface area contributed by atoms with Gasteiger partial charge in [-0.15, -0.1) is 0 Å². The van der Waals surface area contributed by atoms with Gasteiger partial charge in [-0.2, -0.15) is 0 Å². The molecule has 0 aromatic rings. The first-order chi connectivity index (χ1) is 12.1. The quantitative estimate of drug-likeness (QED) is 0.590. The molecule has 2 rings (SSSR count). The average Bonchev–Trinajstić information content (AvgIpc) is 2.57. The molecule has 1 heterocycles. The maximum atomic E-state index is 12.1. The van der Waals surface area contributed by atoms with Crippen molar-refractivity contribution < 1.29 is 14.4 Å². The second kappa shape index (κ2) is 10.2. The number of amides is 5. The Morgan fingerprint density at radius 3 is 2.08 bits per heavy atom. The van der Waals surface area contributed by atoms with Crippen LogP contribution in [0.15, 0.2) is 0 Å². The minimum atomic E-state index is -0.455. The van der Waals surface area contributed by atoms with Crippen molar-refractivity contribution in [1.82, 2.24) is 26.2 Å². The van der Waals surface area contributed by atoms with Crippen molar-refractivity contribution in [3.8, 4) is 0 Å². The molecule has 8 nitrogen and oxygen atoms in total. The molecule has 2 aliphatic rings. The van der Waals surface area contributed by atoms with Crippen molar-refractivity contribution in [2.75, 3.05) is 26.2 Å². The van der Waals surface area contributed by atoms with E-state index in [9.17, 15) is 14.4 Å². The van der Waals surface area contributed by atoms with Gasteiger partial charge in [0.05, 0.1) is 6.54 Å². The smallest absolute Gasteiger partial charge is 0.321 e. The van der Waals surface area contributed by atoms with Crippen molar-refractivity contribution in [3.05, 3.63) is 0 Å². The summed E-state index contributed by atoms with van der Waals surface area (Å²) in [4.78, 5) is 37.2. The van der Waals surface area contributed by atoms with Crippen LogP contribution >= 0.6 is 0 Å². The van der Waals surface area contributed by atoms with Crippen LogP contribution in [0.3, 0.4) is 0 Å². The van der Waals surface area contributed by atoms with Crippen LogP contribution in [0.4, 0.5) is 9.59 Å². The molecule has 0 atom stereocenters. The molecular formula is C17H31N5O3. The number of piperidine rings is 1. The maximum Gasteiger partial charge on any atom is 0.321 e. The summed E-state index contributed by atoms with van der Waals surface area (Å²) in [5, 5.41) is 11.0. The lowest BCUT2D eigenvalue weighted by Gasteiger charge is -2.32. The van der Waals surface area contributed by atoms with E-state index in [0.717, 1.165) is 38.8 Å². The molecule has 5 amide bonds. The molecule has 1 saturated heterocycles. The van der Waals surface area contributed by atoms with Crippen LogP contribution in [0.5, 0.6) is 0 Å². The maximum absolute atomic E-state index is 12.1. The van der Waals surface area contributed by atoms with Crippen LogP contribution in [0.25, 0.3) is 0 Å². The molecule has 0 aromatic carbocycles. The predicted molar refractivity (Wildman–Crippen MR) is 95.2 cm³/mol. The van der Waals surface area contributed by atoms with E-state index in [4.69, 9.17) is 0 Å². The van der Waals surface area contributed by atoms with Gasteiger partial charge in [-0.3, -0.25) is 15.0 Å². The zero-order valence-corrected chi connectivity index (χ0v) is 15.1. The molecule has 1 aliphatic heterocycles. The third kappa shape index (κ3) is 7.29. The summed E-state index contributed by atoms with van der Waals surface area (Å²) in [6.07, 6.45) is 7.44. The molecule has 4 N–H and O–H groups in total. The predicted octanol–water partition coefficient (Wildman–Crippen LogP) is 0.928. The van der Waals surface area contributed by atoms with Crippen LogP contribution in [0.2, 0.25) is 0 Å². The van der Waals surface area contributed by atoms with Crippen LogP contribution in [0, 0.1) is 0 Å². The van der Waals surface area contributed by atoms with Crippen molar-refractivity contribution in [1.29, 1.82) is 0 Å². The zero-order valence-electron chi connectivity index (χ0n) is 15.1. The van der Waals surface area contributed by atoms with Gasteiger partial charge < -0.3 is 16.0 Å². The number of carbonyl (C=O) groups is 3. The second-order valence-corrected chi connectivity index (χ2v) is 6.91. The number of rotatable bonds is 5. The van der Waals surface area contributed by atoms with Crippen molar-refractivity contribution in [2.24, 2.45) is 0 Å². The lowest BCUT2D eigenvalue weighted by atomic mass is 9.96. The fourth-order valence-corrected chi connectivity index (χ4v) is 3.47. The van der Waals surface area contributed by atoms with E-state index in [1.807, 2.05) is 4.90 Å². The molecular weight excluding hydrogens is 322 g/mol. The summed E-state index contributed by atoms with van der Waals surface area (Å²) >= 11 is 0. The number of urea groups is 2. The highest BCUT2D eigenvalue weighted by Gasteiger charge is 2.23. The SMILES string of the molecule is CCNC(=O)NC(=O)CN1CCC(NC(=O)NC2CCCCC2)CC1. The molecule has 0 aromatic heterocycles. The Balaban J connectivity index is 1.61. The fourth-order valence-electron chi connectivity index (χ4n) is 3.47. The minimum Gasteiger partial charge on any atom is -0.338 e. The lowest BCUT2D eigenvalue weighted by molar-refractivity contribution is -0.121. The van der Waals surface area contributed by atoms with Gasteiger partial charge in [0, 0.05) is 31.7 Å². The van der Waals surface area contributed by atoms with E-state index in [0.29, 0.717) is 12.6 Å². The van der Waals surface area contributed by atoms with Gasteiger partial charge in [0.15, 0.2) is 0 Å². The van der Waals surface area contributed by atoms with Gasteiger partial charge in [0.2, 0.25) is 5.91 Å². The standard InChI is InChI=1S/C17H31N5O3/c1-2-18-16(24)21-15(23)12-22-10-8-14(9-11-22)20-17(25)19-13-6-4-3-5-7-13/h13-14H,2-12H2,1H3,(H2,19,20,25)(H2,18,21,23,24). The summed E-state index contributed by atoms with van der Waals surface area (Å²) in [7, 11) is 0. The van der Waals surface area contributed by atoms with Gasteiger partial charge in [-0.1, -0.05) is 19.3 Å². The van der Waals surface area contributed by atoms with Crippen LogP contribution in [-0.2, 0) is 4.79 Å². The molecule has 142 valence electrons. The Morgan fingerprint density at radius 2 is 1.48 bits per heavy atom. The number of hydrogen-bond acceptors (Lipinski definition) is 4. The normalized spacial score (nSPS) is 19.9. The first-order valence-electron chi connectivity index (χ1n) is 9.44. The number of nitrogens with one attached hydrogen (secondary N) is 4. The van der Waals surface area contributed by atoms with E-state index in [-0.39, 0.29) is 24.5 Å². The molecule has 0 spiro atoms. The first-order valence-corrected chi connectivity index (χ1v) is 9.44. The van der Waals surface area contributed by atoms with Crippen LogP contribution in [0.1, 0.15) is 51.9 Å².